The molecule has 0 saturated carbocycles. The van der Waals surface area contributed by atoms with E-state index in [9.17, 15) is 4.39 Å². The lowest BCUT2D eigenvalue weighted by atomic mass is 10.0. The Bertz CT molecular complexity index is 563. The van der Waals surface area contributed by atoms with Gasteiger partial charge in [-0.2, -0.15) is 0 Å². The second-order valence-electron chi connectivity index (χ2n) is 4.80. The van der Waals surface area contributed by atoms with Crippen LogP contribution >= 0.6 is 27.5 Å². The lowest BCUT2D eigenvalue weighted by molar-refractivity contribution is 0.242. The zero-order chi connectivity index (χ0) is 14.7. The maximum absolute atomic E-state index is 13.4. The highest BCUT2D eigenvalue weighted by atomic mass is 79.9. The van der Waals surface area contributed by atoms with Crippen LogP contribution in [0.5, 0.6) is 5.75 Å². The van der Waals surface area contributed by atoms with E-state index in [0.717, 1.165) is 16.9 Å². The number of rotatable bonds is 4. The molecule has 1 atom stereocenters. The van der Waals surface area contributed by atoms with Crippen molar-refractivity contribution in [3.8, 4) is 5.75 Å². The monoisotopic (exact) mass is 356 g/mol. The second-order valence-corrected chi connectivity index (χ2v) is 6.15. The fraction of sp³-hybridized carbons (Fsp3) is 0.250. The summed E-state index contributed by atoms with van der Waals surface area (Å²) in [5.41, 5.74) is 1.62. The van der Waals surface area contributed by atoms with Crippen LogP contribution in [0.15, 0.2) is 46.9 Å². The molecule has 0 aromatic heterocycles. The molecule has 2 aromatic rings. The molecule has 1 unspecified atom stereocenters. The molecule has 4 heteroatoms. The summed E-state index contributed by atoms with van der Waals surface area (Å²) in [7, 11) is 0. The van der Waals surface area contributed by atoms with E-state index in [1.165, 1.54) is 12.1 Å². The fourth-order valence-corrected chi connectivity index (χ4v) is 2.66. The number of benzene rings is 2. The van der Waals surface area contributed by atoms with E-state index in [4.69, 9.17) is 16.3 Å². The molecule has 0 amide bonds. The van der Waals surface area contributed by atoms with Crippen LogP contribution < -0.4 is 4.74 Å². The first-order chi connectivity index (χ1) is 9.45. The minimum absolute atomic E-state index is 0.131. The standard InChI is InChI=1S/C16H15BrClFO/c1-10(2)20-15-5-3-11(4-6-15)16(18)12-7-13(17)9-14(19)8-12/h3-10,16H,1-2H3. The summed E-state index contributed by atoms with van der Waals surface area (Å²) in [5.74, 6) is 0.493. The molecule has 0 aliphatic rings. The van der Waals surface area contributed by atoms with Crippen molar-refractivity contribution in [2.75, 3.05) is 0 Å². The molecule has 0 spiro atoms. The number of alkyl halides is 1. The molecule has 0 radical (unpaired) electrons. The quantitative estimate of drug-likeness (QED) is 0.637. The van der Waals surface area contributed by atoms with Gasteiger partial charge in [0.05, 0.1) is 11.5 Å². The molecule has 0 heterocycles. The normalized spacial score (nSPS) is 12.5. The van der Waals surface area contributed by atoms with Crippen molar-refractivity contribution in [1.29, 1.82) is 0 Å². The van der Waals surface area contributed by atoms with E-state index in [1.54, 1.807) is 0 Å². The zero-order valence-corrected chi connectivity index (χ0v) is 13.6. The van der Waals surface area contributed by atoms with Gasteiger partial charge in [-0.15, -0.1) is 11.6 Å². The van der Waals surface area contributed by atoms with Gasteiger partial charge in [-0.25, -0.2) is 4.39 Å². The van der Waals surface area contributed by atoms with E-state index in [0.29, 0.717) is 4.47 Å². The van der Waals surface area contributed by atoms with Gasteiger partial charge in [-0.3, -0.25) is 0 Å². The second kappa shape index (κ2) is 6.59. The predicted octanol–water partition coefficient (Wildman–Crippen LogP) is 5.70. The predicted molar refractivity (Wildman–Crippen MR) is 84.0 cm³/mol. The minimum atomic E-state index is -0.393. The lowest BCUT2D eigenvalue weighted by Crippen LogP contribution is -2.05. The van der Waals surface area contributed by atoms with Gasteiger partial charge in [-0.1, -0.05) is 28.1 Å². The van der Waals surface area contributed by atoms with Gasteiger partial charge in [0.1, 0.15) is 11.6 Å². The van der Waals surface area contributed by atoms with E-state index in [1.807, 2.05) is 44.2 Å². The van der Waals surface area contributed by atoms with Gasteiger partial charge < -0.3 is 4.74 Å². The topological polar surface area (TPSA) is 9.23 Å². The van der Waals surface area contributed by atoms with Crippen molar-refractivity contribution in [3.63, 3.8) is 0 Å². The highest BCUT2D eigenvalue weighted by Gasteiger charge is 2.13. The number of hydrogen-bond donors (Lipinski definition) is 0. The van der Waals surface area contributed by atoms with E-state index < -0.39 is 5.38 Å². The largest absolute Gasteiger partial charge is 0.491 e. The average Bonchev–Trinajstić information content (AvgIpc) is 2.37. The molecule has 106 valence electrons. The summed E-state index contributed by atoms with van der Waals surface area (Å²) in [5, 5.41) is -0.393. The lowest BCUT2D eigenvalue weighted by Gasteiger charge is -2.13. The Balaban J connectivity index is 2.22. The van der Waals surface area contributed by atoms with Crippen LogP contribution in [-0.4, -0.2) is 6.10 Å². The molecule has 0 aliphatic carbocycles. The summed E-state index contributed by atoms with van der Waals surface area (Å²) < 4.78 is 19.7. The Morgan fingerprint density at radius 2 is 1.70 bits per heavy atom. The highest BCUT2D eigenvalue weighted by Crippen LogP contribution is 2.32. The van der Waals surface area contributed by atoms with Gasteiger partial charge >= 0.3 is 0 Å². The van der Waals surface area contributed by atoms with E-state index in [-0.39, 0.29) is 11.9 Å². The van der Waals surface area contributed by atoms with Crippen LogP contribution in [-0.2, 0) is 0 Å². The molecule has 20 heavy (non-hydrogen) atoms. The van der Waals surface area contributed by atoms with Gasteiger partial charge in [-0.05, 0) is 55.3 Å². The Morgan fingerprint density at radius 3 is 2.25 bits per heavy atom. The molecular formula is C16H15BrClFO. The molecule has 0 fully saturated rings. The summed E-state index contributed by atoms with van der Waals surface area (Å²) in [6.45, 7) is 3.95. The maximum atomic E-state index is 13.4. The van der Waals surface area contributed by atoms with Crippen molar-refractivity contribution in [3.05, 3.63) is 63.9 Å². The summed E-state index contributed by atoms with van der Waals surface area (Å²) in [4.78, 5) is 0. The third-order valence-corrected chi connectivity index (χ3v) is 3.68. The Labute approximate surface area is 131 Å². The zero-order valence-electron chi connectivity index (χ0n) is 11.2. The van der Waals surface area contributed by atoms with Crippen LogP contribution in [0.3, 0.4) is 0 Å². The Kier molecular flexibility index (Phi) is 5.06. The van der Waals surface area contributed by atoms with Crippen LogP contribution in [0.1, 0.15) is 30.4 Å². The number of hydrogen-bond acceptors (Lipinski definition) is 1. The Morgan fingerprint density at radius 1 is 1.05 bits per heavy atom. The number of ether oxygens (including phenoxy) is 1. The Hall–Kier alpha value is -1.06. The molecule has 1 nitrogen and oxygen atoms in total. The first-order valence-electron chi connectivity index (χ1n) is 6.32. The van der Waals surface area contributed by atoms with Crippen LogP contribution in [0.25, 0.3) is 0 Å². The smallest absolute Gasteiger partial charge is 0.124 e. The van der Waals surface area contributed by atoms with Gasteiger partial charge in [0, 0.05) is 4.47 Å². The van der Waals surface area contributed by atoms with E-state index in [2.05, 4.69) is 15.9 Å². The summed E-state index contributed by atoms with van der Waals surface area (Å²) in [6.07, 6.45) is 0.131. The fourth-order valence-electron chi connectivity index (χ4n) is 1.90. The summed E-state index contributed by atoms with van der Waals surface area (Å²) in [6, 6.07) is 12.2. The molecule has 0 bridgehead atoms. The highest BCUT2D eigenvalue weighted by molar-refractivity contribution is 9.10. The van der Waals surface area contributed by atoms with Gasteiger partial charge in [0.25, 0.3) is 0 Å². The first-order valence-corrected chi connectivity index (χ1v) is 7.55. The summed E-state index contributed by atoms with van der Waals surface area (Å²) >= 11 is 9.68. The first kappa shape index (κ1) is 15.3. The molecule has 0 N–H and O–H groups in total. The molecule has 0 saturated heterocycles. The van der Waals surface area contributed by atoms with Gasteiger partial charge in [0.2, 0.25) is 0 Å². The third-order valence-electron chi connectivity index (χ3n) is 2.72. The van der Waals surface area contributed by atoms with E-state index >= 15 is 0 Å². The molecule has 2 rings (SSSR count). The van der Waals surface area contributed by atoms with Crippen molar-refractivity contribution in [2.45, 2.75) is 25.3 Å². The van der Waals surface area contributed by atoms with Crippen LogP contribution in [0.4, 0.5) is 4.39 Å². The van der Waals surface area contributed by atoms with Gasteiger partial charge in [0.15, 0.2) is 0 Å². The third kappa shape index (κ3) is 3.97. The van der Waals surface area contributed by atoms with Crippen molar-refractivity contribution in [2.24, 2.45) is 0 Å². The van der Waals surface area contributed by atoms with Crippen molar-refractivity contribution < 1.29 is 9.13 Å². The molecule has 2 aromatic carbocycles. The average molecular weight is 358 g/mol. The van der Waals surface area contributed by atoms with Crippen LogP contribution in [0.2, 0.25) is 0 Å². The minimum Gasteiger partial charge on any atom is -0.491 e. The molecular weight excluding hydrogens is 343 g/mol. The number of halogens is 3. The molecule has 0 aliphatic heterocycles. The van der Waals surface area contributed by atoms with Crippen LogP contribution in [0, 0.1) is 5.82 Å². The maximum Gasteiger partial charge on any atom is 0.124 e. The van der Waals surface area contributed by atoms with Crippen molar-refractivity contribution >= 4 is 27.5 Å². The van der Waals surface area contributed by atoms with Crippen molar-refractivity contribution in [1.82, 2.24) is 0 Å². The SMILES string of the molecule is CC(C)Oc1ccc(C(Cl)c2cc(F)cc(Br)c2)cc1.